The van der Waals surface area contributed by atoms with Crippen LogP contribution in [0.2, 0.25) is 5.15 Å². The number of aromatic nitrogens is 2. The van der Waals surface area contributed by atoms with Crippen LogP contribution >= 0.6 is 22.9 Å². The molecule has 6 rings (SSSR count). The molecule has 13 heteroatoms. The summed E-state index contributed by atoms with van der Waals surface area (Å²) >= 11 is 7.45. The molecule has 4 heterocycles. The number of thiophene rings is 1. The van der Waals surface area contributed by atoms with Gasteiger partial charge in [0.1, 0.15) is 22.7 Å². The molecule has 1 saturated heterocycles. The third-order valence-electron chi connectivity index (χ3n) is 7.29. The fraction of sp³-hybridized carbons (Fsp3) is 0.231. The number of fused-ring (bicyclic) bond motifs is 2. The molecule has 0 saturated carbocycles. The van der Waals surface area contributed by atoms with Gasteiger partial charge in [-0.2, -0.15) is 10.4 Å². The number of aryl methyl sites for hydroxylation is 1. The average Bonchev–Trinajstić information content (AvgIpc) is 3.42. The topological polar surface area (TPSA) is 108 Å². The maximum atomic E-state index is 16.1. The van der Waals surface area contributed by atoms with Crippen LogP contribution in [0.15, 0.2) is 30.6 Å². The van der Waals surface area contributed by atoms with E-state index in [9.17, 15) is 23.6 Å². The van der Waals surface area contributed by atoms with E-state index in [2.05, 4.69) is 11.7 Å². The molecule has 8 nitrogen and oxygen atoms in total. The molecule has 2 aromatic heterocycles. The summed E-state index contributed by atoms with van der Waals surface area (Å²) in [6, 6.07) is 5.12. The number of piperazine rings is 1. The van der Waals surface area contributed by atoms with Gasteiger partial charge in [0.05, 0.1) is 32.8 Å². The molecule has 2 aliphatic rings. The summed E-state index contributed by atoms with van der Waals surface area (Å²) in [6.45, 7) is 3.63. The van der Waals surface area contributed by atoms with Crippen molar-refractivity contribution in [1.82, 2.24) is 19.6 Å². The Balaban J connectivity index is 1.55. The molecule has 4 aromatic rings. The van der Waals surface area contributed by atoms with E-state index in [-0.39, 0.29) is 74.1 Å². The lowest BCUT2D eigenvalue weighted by atomic mass is 9.93. The van der Waals surface area contributed by atoms with Gasteiger partial charge < -0.3 is 15.5 Å². The minimum atomic E-state index is -1.08. The Morgan fingerprint density at radius 1 is 1.21 bits per heavy atom. The predicted molar refractivity (Wildman–Crippen MR) is 141 cm³/mol. The van der Waals surface area contributed by atoms with Crippen LogP contribution in [0.1, 0.15) is 22.3 Å². The smallest absolute Gasteiger partial charge is 0.282 e. The van der Waals surface area contributed by atoms with Crippen molar-refractivity contribution in [2.45, 2.75) is 19.0 Å². The molecule has 1 unspecified atom stereocenters. The van der Waals surface area contributed by atoms with Crippen LogP contribution in [0.25, 0.3) is 32.1 Å². The molecule has 2 aliphatic heterocycles. The SMILES string of the molecule is C=C(F)C(=O)N1CCN2C(=O)c3cc(F)c(-c4ccc(F)c5sc(N)c(C#N)c45)c4c(Cl)nn(c34)CCC2C1. The van der Waals surface area contributed by atoms with E-state index in [1.165, 1.54) is 15.6 Å². The number of benzene rings is 2. The second-order valence-electron chi connectivity index (χ2n) is 9.37. The molecule has 0 bridgehead atoms. The fourth-order valence-electron chi connectivity index (χ4n) is 5.56. The Labute approximate surface area is 228 Å². The van der Waals surface area contributed by atoms with Gasteiger partial charge in [-0.1, -0.05) is 24.2 Å². The predicted octanol–water partition coefficient (Wildman–Crippen LogP) is 4.84. The zero-order valence-electron chi connectivity index (χ0n) is 20.1. The van der Waals surface area contributed by atoms with Crippen molar-refractivity contribution in [3.63, 3.8) is 0 Å². The van der Waals surface area contributed by atoms with Gasteiger partial charge in [0.2, 0.25) is 0 Å². The third kappa shape index (κ3) is 3.68. The van der Waals surface area contributed by atoms with Gasteiger partial charge in [-0.05, 0) is 24.1 Å². The van der Waals surface area contributed by atoms with Crippen molar-refractivity contribution in [2.75, 3.05) is 25.4 Å². The van der Waals surface area contributed by atoms with E-state index in [0.717, 1.165) is 23.5 Å². The van der Waals surface area contributed by atoms with Gasteiger partial charge in [-0.3, -0.25) is 14.3 Å². The molecule has 2 amide bonds. The number of nitriles is 1. The highest BCUT2D eigenvalue weighted by molar-refractivity contribution is 7.23. The number of nitrogen functional groups attached to an aromatic ring is 1. The molecule has 0 aliphatic carbocycles. The quantitative estimate of drug-likeness (QED) is 0.347. The van der Waals surface area contributed by atoms with Crippen molar-refractivity contribution in [1.29, 1.82) is 5.26 Å². The molecular weight excluding hydrogens is 553 g/mol. The second kappa shape index (κ2) is 9.00. The average molecular weight is 571 g/mol. The summed E-state index contributed by atoms with van der Waals surface area (Å²) in [5.41, 5.74) is 6.50. The standard InChI is InChI=1S/C26H18ClF3N6O2S/c1-11(28)25(37)34-6-7-35-12(10-34)4-5-36-21-14(26(35)38)8-17(30)19(20(21)23(27)33-36)13-2-3-16(29)22-18(13)15(9-31)24(32)39-22/h2-3,8,12H,1,4-7,10,32H2. The summed E-state index contributed by atoms with van der Waals surface area (Å²) in [6.07, 6.45) is 0.369. The Morgan fingerprint density at radius 2 is 1.97 bits per heavy atom. The fourth-order valence-corrected chi connectivity index (χ4v) is 6.79. The summed E-state index contributed by atoms with van der Waals surface area (Å²) in [5.74, 6) is -3.81. The van der Waals surface area contributed by atoms with E-state index in [4.69, 9.17) is 17.3 Å². The van der Waals surface area contributed by atoms with Crippen LogP contribution in [-0.4, -0.2) is 57.1 Å². The third-order valence-corrected chi connectivity index (χ3v) is 8.58. The second-order valence-corrected chi connectivity index (χ2v) is 10.8. The number of carbonyl (C=O) groups is 2. The van der Waals surface area contributed by atoms with E-state index < -0.39 is 35.3 Å². The molecule has 2 N–H and O–H groups in total. The number of anilines is 1. The first kappa shape index (κ1) is 25.2. The summed E-state index contributed by atoms with van der Waals surface area (Å²) in [4.78, 5) is 28.8. The van der Waals surface area contributed by atoms with Crippen molar-refractivity contribution in [3.05, 3.63) is 58.5 Å². The van der Waals surface area contributed by atoms with Gasteiger partial charge in [0.15, 0.2) is 11.0 Å². The molecule has 0 radical (unpaired) electrons. The van der Waals surface area contributed by atoms with Gasteiger partial charge in [-0.25, -0.2) is 13.2 Å². The highest BCUT2D eigenvalue weighted by Crippen LogP contribution is 2.46. The first-order chi connectivity index (χ1) is 18.6. The van der Waals surface area contributed by atoms with Crippen molar-refractivity contribution >= 4 is 60.7 Å². The zero-order chi connectivity index (χ0) is 27.7. The molecule has 1 fully saturated rings. The Kier molecular flexibility index (Phi) is 5.82. The lowest BCUT2D eigenvalue weighted by Crippen LogP contribution is -2.57. The first-order valence-corrected chi connectivity index (χ1v) is 13.1. The van der Waals surface area contributed by atoms with Crippen LogP contribution in [0, 0.1) is 23.0 Å². The highest BCUT2D eigenvalue weighted by atomic mass is 35.5. The number of carbonyl (C=O) groups excluding carboxylic acids is 2. The molecule has 198 valence electrons. The number of halogens is 4. The normalized spacial score (nSPS) is 17.2. The number of hydrogen-bond acceptors (Lipinski definition) is 6. The van der Waals surface area contributed by atoms with Crippen molar-refractivity contribution in [2.24, 2.45) is 0 Å². The Morgan fingerprint density at radius 3 is 2.69 bits per heavy atom. The van der Waals surface area contributed by atoms with Crippen LogP contribution in [-0.2, 0) is 11.3 Å². The van der Waals surface area contributed by atoms with E-state index >= 15 is 4.39 Å². The van der Waals surface area contributed by atoms with Crippen LogP contribution < -0.4 is 5.73 Å². The molecule has 0 spiro atoms. The minimum Gasteiger partial charge on any atom is -0.389 e. The summed E-state index contributed by atoms with van der Waals surface area (Å²) in [5, 5.41) is 14.4. The van der Waals surface area contributed by atoms with Gasteiger partial charge >= 0.3 is 0 Å². The van der Waals surface area contributed by atoms with Crippen molar-refractivity contribution < 1.29 is 22.8 Å². The largest absolute Gasteiger partial charge is 0.389 e. The molecular formula is C26H18ClF3N6O2S. The van der Waals surface area contributed by atoms with Crippen LogP contribution in [0.4, 0.5) is 18.2 Å². The number of rotatable bonds is 2. The Hall–Kier alpha value is -4.08. The number of hydrogen-bond donors (Lipinski definition) is 1. The number of amides is 2. The molecule has 1 atom stereocenters. The number of nitrogens with two attached hydrogens (primary N) is 1. The first-order valence-electron chi connectivity index (χ1n) is 11.9. The zero-order valence-corrected chi connectivity index (χ0v) is 21.7. The highest BCUT2D eigenvalue weighted by Gasteiger charge is 2.37. The van der Waals surface area contributed by atoms with Crippen molar-refractivity contribution in [3.8, 4) is 17.2 Å². The van der Waals surface area contributed by atoms with Gasteiger partial charge in [0, 0.05) is 37.1 Å². The maximum absolute atomic E-state index is 16.1. The number of nitrogens with zero attached hydrogens (tertiary/aromatic N) is 5. The summed E-state index contributed by atoms with van der Waals surface area (Å²) < 4.78 is 45.8. The monoisotopic (exact) mass is 570 g/mol. The van der Waals surface area contributed by atoms with E-state index in [0.29, 0.717) is 11.9 Å². The lowest BCUT2D eigenvalue weighted by Gasteiger charge is -2.42. The lowest BCUT2D eigenvalue weighted by molar-refractivity contribution is -0.131. The van der Waals surface area contributed by atoms with E-state index in [1.807, 2.05) is 6.07 Å². The van der Waals surface area contributed by atoms with Crippen LogP contribution in [0.5, 0.6) is 0 Å². The maximum Gasteiger partial charge on any atom is 0.282 e. The Bertz CT molecular complexity index is 1810. The minimum absolute atomic E-state index is 0.0213. The van der Waals surface area contributed by atoms with Gasteiger partial charge in [0.25, 0.3) is 11.8 Å². The molecule has 2 aromatic carbocycles. The van der Waals surface area contributed by atoms with Crippen LogP contribution in [0.3, 0.4) is 0 Å². The van der Waals surface area contributed by atoms with E-state index in [1.54, 1.807) is 4.90 Å². The van der Waals surface area contributed by atoms with Gasteiger partial charge in [-0.15, -0.1) is 11.3 Å². The summed E-state index contributed by atoms with van der Waals surface area (Å²) in [7, 11) is 0. The molecule has 39 heavy (non-hydrogen) atoms.